The van der Waals surface area contributed by atoms with Crippen molar-refractivity contribution >= 4 is 39.9 Å². The Morgan fingerprint density at radius 1 is 1.06 bits per heavy atom. The summed E-state index contributed by atoms with van der Waals surface area (Å²) in [5.41, 5.74) is 6.32. The Morgan fingerprint density at radius 2 is 1.75 bits per heavy atom. The Bertz CT molecular complexity index is 499. The zero-order chi connectivity index (χ0) is 11.5. The summed E-state index contributed by atoms with van der Waals surface area (Å²) in [4.78, 5) is 0. The summed E-state index contributed by atoms with van der Waals surface area (Å²) >= 11 is 8.05. The Labute approximate surface area is 113 Å². The van der Waals surface area contributed by atoms with Gasteiger partial charge in [0.1, 0.15) is 11.5 Å². The van der Waals surface area contributed by atoms with Crippen LogP contribution in [0.25, 0.3) is 0 Å². The maximum absolute atomic E-state index is 5.80. The smallest absolute Gasteiger partial charge is 0.150 e. The van der Waals surface area contributed by atoms with Crippen LogP contribution in [-0.4, -0.2) is 0 Å². The molecule has 0 saturated carbocycles. The van der Waals surface area contributed by atoms with Crippen LogP contribution in [0.2, 0.25) is 5.02 Å². The van der Waals surface area contributed by atoms with E-state index < -0.39 is 0 Å². The van der Waals surface area contributed by atoms with Crippen LogP contribution in [0.3, 0.4) is 0 Å². The van der Waals surface area contributed by atoms with Crippen LogP contribution in [0.15, 0.2) is 42.5 Å². The molecule has 0 aliphatic heterocycles. The lowest BCUT2D eigenvalue weighted by Gasteiger charge is -2.08. The molecule has 0 spiro atoms. The highest BCUT2D eigenvalue weighted by Gasteiger charge is 2.02. The van der Waals surface area contributed by atoms with Crippen molar-refractivity contribution < 1.29 is 4.74 Å². The van der Waals surface area contributed by atoms with Crippen molar-refractivity contribution in [3.63, 3.8) is 0 Å². The minimum Gasteiger partial charge on any atom is -0.455 e. The molecule has 2 aromatic carbocycles. The highest BCUT2D eigenvalue weighted by atomic mass is 127. The monoisotopic (exact) mass is 345 g/mol. The van der Waals surface area contributed by atoms with Gasteiger partial charge >= 0.3 is 0 Å². The van der Waals surface area contributed by atoms with Gasteiger partial charge in [0.15, 0.2) is 0 Å². The van der Waals surface area contributed by atoms with Gasteiger partial charge in [0.05, 0.1) is 5.69 Å². The van der Waals surface area contributed by atoms with E-state index in [1.54, 1.807) is 18.2 Å². The van der Waals surface area contributed by atoms with E-state index in [-0.39, 0.29) is 0 Å². The van der Waals surface area contributed by atoms with E-state index in [0.717, 1.165) is 9.32 Å². The molecule has 82 valence electrons. The third-order valence-electron chi connectivity index (χ3n) is 2.01. The van der Waals surface area contributed by atoms with Gasteiger partial charge in [-0.3, -0.25) is 0 Å². The summed E-state index contributed by atoms with van der Waals surface area (Å²) in [6, 6.07) is 12.9. The molecule has 0 fully saturated rings. The van der Waals surface area contributed by atoms with Gasteiger partial charge in [-0.25, -0.2) is 0 Å². The Kier molecular flexibility index (Phi) is 3.56. The normalized spacial score (nSPS) is 10.1. The summed E-state index contributed by atoms with van der Waals surface area (Å²) < 4.78 is 6.79. The summed E-state index contributed by atoms with van der Waals surface area (Å²) in [7, 11) is 0. The van der Waals surface area contributed by atoms with Crippen molar-refractivity contribution in [2.45, 2.75) is 0 Å². The topological polar surface area (TPSA) is 35.2 Å². The molecule has 0 aromatic heterocycles. The summed E-state index contributed by atoms with van der Waals surface area (Å²) in [5.74, 6) is 1.38. The first kappa shape index (κ1) is 11.5. The van der Waals surface area contributed by atoms with Gasteiger partial charge in [-0.2, -0.15) is 0 Å². The fraction of sp³-hybridized carbons (Fsp3) is 0. The van der Waals surface area contributed by atoms with E-state index in [0.29, 0.717) is 16.5 Å². The first-order valence-electron chi connectivity index (χ1n) is 4.63. The molecule has 2 rings (SSSR count). The standard InChI is InChI=1S/C12H9ClINO/c13-8-1-6-12(11(15)7-8)16-10-4-2-9(14)3-5-10/h1-7H,15H2. The van der Waals surface area contributed by atoms with Crippen LogP contribution in [-0.2, 0) is 0 Å². The number of nitrogens with two attached hydrogens (primary N) is 1. The molecular weight excluding hydrogens is 336 g/mol. The largest absolute Gasteiger partial charge is 0.455 e. The highest BCUT2D eigenvalue weighted by molar-refractivity contribution is 14.1. The molecule has 0 atom stereocenters. The van der Waals surface area contributed by atoms with Crippen LogP contribution < -0.4 is 10.5 Å². The number of hydrogen-bond acceptors (Lipinski definition) is 2. The molecule has 0 radical (unpaired) electrons. The number of ether oxygens (including phenoxy) is 1. The predicted octanol–water partition coefficient (Wildman–Crippen LogP) is 4.32. The Balaban J connectivity index is 2.23. The molecule has 0 amide bonds. The predicted molar refractivity (Wildman–Crippen MR) is 75.1 cm³/mol. The Morgan fingerprint density at radius 3 is 2.38 bits per heavy atom. The number of anilines is 1. The third kappa shape index (κ3) is 2.80. The quantitative estimate of drug-likeness (QED) is 0.650. The van der Waals surface area contributed by atoms with Crippen LogP contribution in [0, 0.1) is 3.57 Å². The average Bonchev–Trinajstić information content (AvgIpc) is 2.25. The number of halogens is 2. The summed E-state index contributed by atoms with van der Waals surface area (Å²) in [6.07, 6.45) is 0. The van der Waals surface area contributed by atoms with Gasteiger partial charge in [-0.15, -0.1) is 0 Å². The van der Waals surface area contributed by atoms with Gasteiger partial charge in [0.2, 0.25) is 0 Å². The van der Waals surface area contributed by atoms with Gasteiger partial charge in [0.25, 0.3) is 0 Å². The SMILES string of the molecule is Nc1cc(Cl)ccc1Oc1ccc(I)cc1. The van der Waals surface area contributed by atoms with E-state index in [4.69, 9.17) is 22.1 Å². The average molecular weight is 346 g/mol. The molecule has 0 unspecified atom stereocenters. The second kappa shape index (κ2) is 4.93. The van der Waals surface area contributed by atoms with Crippen molar-refractivity contribution in [1.82, 2.24) is 0 Å². The van der Waals surface area contributed by atoms with E-state index in [9.17, 15) is 0 Å². The van der Waals surface area contributed by atoms with E-state index >= 15 is 0 Å². The maximum atomic E-state index is 5.80. The third-order valence-corrected chi connectivity index (χ3v) is 2.97. The molecule has 0 aliphatic carbocycles. The molecule has 4 heteroatoms. The highest BCUT2D eigenvalue weighted by Crippen LogP contribution is 2.29. The second-order valence-corrected chi connectivity index (χ2v) is 4.92. The fourth-order valence-corrected chi connectivity index (χ4v) is 1.78. The van der Waals surface area contributed by atoms with Gasteiger partial charge < -0.3 is 10.5 Å². The fourth-order valence-electron chi connectivity index (χ4n) is 1.24. The Hall–Kier alpha value is -0.940. The van der Waals surface area contributed by atoms with E-state index in [2.05, 4.69) is 22.6 Å². The van der Waals surface area contributed by atoms with Crippen LogP contribution >= 0.6 is 34.2 Å². The zero-order valence-corrected chi connectivity index (χ0v) is 11.2. The summed E-state index contributed by atoms with van der Waals surface area (Å²) in [6.45, 7) is 0. The van der Waals surface area contributed by atoms with Crippen molar-refractivity contribution in [3.05, 3.63) is 51.1 Å². The molecule has 0 bridgehead atoms. The number of rotatable bonds is 2. The van der Waals surface area contributed by atoms with E-state index in [1.165, 1.54) is 0 Å². The lowest BCUT2D eigenvalue weighted by atomic mass is 10.3. The molecule has 2 nitrogen and oxygen atoms in total. The zero-order valence-electron chi connectivity index (χ0n) is 8.28. The lowest BCUT2D eigenvalue weighted by Crippen LogP contribution is -1.91. The first-order chi connectivity index (χ1) is 7.65. The van der Waals surface area contributed by atoms with Crippen molar-refractivity contribution in [3.8, 4) is 11.5 Å². The minimum absolute atomic E-state index is 0.533. The summed E-state index contributed by atoms with van der Waals surface area (Å²) in [5, 5.41) is 0.604. The van der Waals surface area contributed by atoms with Gasteiger partial charge in [0, 0.05) is 8.59 Å². The first-order valence-corrected chi connectivity index (χ1v) is 6.09. The molecule has 16 heavy (non-hydrogen) atoms. The van der Waals surface area contributed by atoms with Crippen molar-refractivity contribution in [2.75, 3.05) is 5.73 Å². The van der Waals surface area contributed by atoms with Crippen LogP contribution in [0.1, 0.15) is 0 Å². The van der Waals surface area contributed by atoms with Crippen LogP contribution in [0.5, 0.6) is 11.5 Å². The second-order valence-electron chi connectivity index (χ2n) is 3.24. The van der Waals surface area contributed by atoms with Crippen molar-refractivity contribution in [2.24, 2.45) is 0 Å². The number of hydrogen-bond donors (Lipinski definition) is 1. The lowest BCUT2D eigenvalue weighted by molar-refractivity contribution is 0.485. The molecule has 0 saturated heterocycles. The number of nitrogen functional groups attached to an aromatic ring is 1. The maximum Gasteiger partial charge on any atom is 0.150 e. The van der Waals surface area contributed by atoms with Crippen molar-refractivity contribution in [1.29, 1.82) is 0 Å². The van der Waals surface area contributed by atoms with E-state index in [1.807, 2.05) is 24.3 Å². The molecule has 2 aromatic rings. The molecular formula is C12H9ClINO. The minimum atomic E-state index is 0.533. The van der Waals surface area contributed by atoms with Crippen LogP contribution in [0.4, 0.5) is 5.69 Å². The number of benzene rings is 2. The van der Waals surface area contributed by atoms with Gasteiger partial charge in [-0.05, 0) is 65.1 Å². The van der Waals surface area contributed by atoms with Gasteiger partial charge in [-0.1, -0.05) is 11.6 Å². The molecule has 0 aliphatic rings. The molecule has 2 N–H and O–H groups in total. The molecule has 0 heterocycles.